The Morgan fingerprint density at radius 3 is 2.92 bits per heavy atom. The third-order valence-electron chi connectivity index (χ3n) is 3.84. The van der Waals surface area contributed by atoms with Gasteiger partial charge in [0.15, 0.2) is 0 Å². The molecule has 2 aromatic heterocycles. The normalized spacial score (nSPS) is 11.0. The standard InChI is InChI=1S/C17H19ClN4O2/c1-20-9-10-22-16(20)13(12-19-22)17(23)21(2)8-5-11-24-15-7-4-3-6-14(15)18/h3-4,6-7,9-10,12H,5,8,11H2,1-2H3. The lowest BCUT2D eigenvalue weighted by molar-refractivity contribution is 0.0789. The van der Waals surface area contributed by atoms with Gasteiger partial charge in [0.05, 0.1) is 17.8 Å². The molecule has 126 valence electrons. The van der Waals surface area contributed by atoms with E-state index in [-0.39, 0.29) is 5.91 Å². The molecule has 0 aliphatic heterocycles. The van der Waals surface area contributed by atoms with Crippen molar-refractivity contribution < 1.29 is 9.53 Å². The number of hydrogen-bond donors (Lipinski definition) is 0. The van der Waals surface area contributed by atoms with Crippen molar-refractivity contribution in [3.05, 3.63) is 53.4 Å². The van der Waals surface area contributed by atoms with Crippen molar-refractivity contribution in [3.8, 4) is 5.75 Å². The van der Waals surface area contributed by atoms with E-state index in [9.17, 15) is 4.79 Å². The van der Waals surface area contributed by atoms with Crippen LogP contribution in [0.2, 0.25) is 5.02 Å². The molecule has 0 radical (unpaired) electrons. The van der Waals surface area contributed by atoms with E-state index in [1.165, 1.54) is 0 Å². The van der Waals surface area contributed by atoms with Crippen molar-refractivity contribution in [2.45, 2.75) is 6.42 Å². The summed E-state index contributed by atoms with van der Waals surface area (Å²) < 4.78 is 9.22. The first kappa shape index (κ1) is 16.4. The second-order valence-corrected chi connectivity index (χ2v) is 6.00. The van der Waals surface area contributed by atoms with Gasteiger partial charge in [-0.15, -0.1) is 0 Å². The van der Waals surface area contributed by atoms with Gasteiger partial charge < -0.3 is 14.2 Å². The third kappa shape index (κ3) is 3.23. The molecule has 7 heteroatoms. The Kier molecular flexibility index (Phi) is 4.76. The number of imidazole rings is 1. The van der Waals surface area contributed by atoms with E-state index in [2.05, 4.69) is 5.10 Å². The van der Waals surface area contributed by atoms with Crippen LogP contribution < -0.4 is 4.74 Å². The molecule has 0 unspecified atom stereocenters. The quantitative estimate of drug-likeness (QED) is 0.645. The highest BCUT2D eigenvalue weighted by atomic mass is 35.5. The van der Waals surface area contributed by atoms with Gasteiger partial charge in [-0.1, -0.05) is 23.7 Å². The molecule has 0 aliphatic carbocycles. The summed E-state index contributed by atoms with van der Waals surface area (Å²) in [6.07, 6.45) is 6.01. The molecule has 0 atom stereocenters. The number of aryl methyl sites for hydroxylation is 1. The van der Waals surface area contributed by atoms with E-state index < -0.39 is 0 Å². The average molecular weight is 347 g/mol. The van der Waals surface area contributed by atoms with E-state index >= 15 is 0 Å². The lowest BCUT2D eigenvalue weighted by Crippen LogP contribution is -2.28. The fourth-order valence-corrected chi connectivity index (χ4v) is 2.74. The van der Waals surface area contributed by atoms with Crippen molar-refractivity contribution in [1.82, 2.24) is 19.1 Å². The highest BCUT2D eigenvalue weighted by Gasteiger charge is 2.18. The summed E-state index contributed by atoms with van der Waals surface area (Å²) in [5.41, 5.74) is 1.39. The molecule has 0 saturated heterocycles. The number of halogens is 1. The number of para-hydroxylation sites is 1. The Hall–Kier alpha value is -2.47. The van der Waals surface area contributed by atoms with E-state index in [0.717, 1.165) is 5.65 Å². The van der Waals surface area contributed by atoms with Crippen LogP contribution in [0, 0.1) is 0 Å². The maximum atomic E-state index is 12.6. The minimum Gasteiger partial charge on any atom is -0.492 e. The van der Waals surface area contributed by atoms with Crippen LogP contribution in [-0.2, 0) is 7.05 Å². The summed E-state index contributed by atoms with van der Waals surface area (Å²) in [6, 6.07) is 7.35. The Morgan fingerprint density at radius 2 is 2.12 bits per heavy atom. The highest BCUT2D eigenvalue weighted by Crippen LogP contribution is 2.23. The molecular formula is C17H19ClN4O2. The largest absolute Gasteiger partial charge is 0.492 e. The van der Waals surface area contributed by atoms with Gasteiger partial charge in [0.2, 0.25) is 0 Å². The van der Waals surface area contributed by atoms with E-state index in [0.29, 0.717) is 35.9 Å². The van der Waals surface area contributed by atoms with E-state index in [1.54, 1.807) is 28.7 Å². The first-order valence-electron chi connectivity index (χ1n) is 7.69. The first-order valence-corrected chi connectivity index (χ1v) is 8.07. The fraction of sp³-hybridized carbons (Fsp3) is 0.294. The van der Waals surface area contributed by atoms with Crippen molar-refractivity contribution in [2.24, 2.45) is 7.05 Å². The van der Waals surface area contributed by atoms with E-state index in [4.69, 9.17) is 16.3 Å². The number of benzene rings is 1. The molecule has 24 heavy (non-hydrogen) atoms. The Labute approximate surface area is 145 Å². The van der Waals surface area contributed by atoms with Gasteiger partial charge in [-0.05, 0) is 18.6 Å². The zero-order chi connectivity index (χ0) is 17.1. The number of carbonyl (C=O) groups excluding carboxylic acids is 1. The molecule has 2 heterocycles. The molecule has 0 saturated carbocycles. The molecular weight excluding hydrogens is 328 g/mol. The second kappa shape index (κ2) is 6.97. The van der Waals surface area contributed by atoms with E-state index in [1.807, 2.05) is 42.2 Å². The van der Waals surface area contributed by atoms with Crippen molar-refractivity contribution in [1.29, 1.82) is 0 Å². The third-order valence-corrected chi connectivity index (χ3v) is 4.16. The smallest absolute Gasteiger partial charge is 0.259 e. The SMILES string of the molecule is CN(CCCOc1ccccc1Cl)C(=O)c1cnn2ccn(C)c12. The molecule has 6 nitrogen and oxygen atoms in total. The van der Waals surface area contributed by atoms with Gasteiger partial charge >= 0.3 is 0 Å². The van der Waals surface area contributed by atoms with Crippen LogP contribution in [0.5, 0.6) is 5.75 Å². The van der Waals surface area contributed by atoms with Crippen molar-refractivity contribution in [2.75, 3.05) is 20.2 Å². The molecule has 3 aromatic rings. The van der Waals surface area contributed by atoms with Crippen molar-refractivity contribution in [3.63, 3.8) is 0 Å². The highest BCUT2D eigenvalue weighted by molar-refractivity contribution is 6.32. The molecule has 0 spiro atoms. The van der Waals surface area contributed by atoms with Gasteiger partial charge in [0.1, 0.15) is 17.0 Å². The van der Waals surface area contributed by atoms with Crippen LogP contribution in [0.25, 0.3) is 5.65 Å². The molecule has 0 fully saturated rings. The van der Waals surface area contributed by atoms with Crippen LogP contribution >= 0.6 is 11.6 Å². The minimum absolute atomic E-state index is 0.0513. The van der Waals surface area contributed by atoms with Crippen LogP contribution in [0.1, 0.15) is 16.8 Å². The summed E-state index contributed by atoms with van der Waals surface area (Å²) in [5, 5.41) is 4.79. The first-order chi connectivity index (χ1) is 11.6. The second-order valence-electron chi connectivity index (χ2n) is 5.59. The molecule has 0 aliphatic rings. The lowest BCUT2D eigenvalue weighted by atomic mass is 10.3. The minimum atomic E-state index is -0.0513. The maximum Gasteiger partial charge on any atom is 0.259 e. The molecule has 1 amide bonds. The Balaban J connectivity index is 1.55. The predicted octanol–water partition coefficient (Wildman–Crippen LogP) is 2.87. The predicted molar refractivity (Wildman–Crippen MR) is 92.7 cm³/mol. The average Bonchev–Trinajstić information content (AvgIpc) is 3.15. The van der Waals surface area contributed by atoms with Crippen LogP contribution in [0.3, 0.4) is 0 Å². The van der Waals surface area contributed by atoms with Gasteiger partial charge in [-0.2, -0.15) is 5.10 Å². The van der Waals surface area contributed by atoms with Gasteiger partial charge in [0.25, 0.3) is 5.91 Å². The number of nitrogens with zero attached hydrogens (tertiary/aromatic N) is 4. The maximum absolute atomic E-state index is 12.6. The fourth-order valence-electron chi connectivity index (χ4n) is 2.55. The van der Waals surface area contributed by atoms with Crippen LogP contribution in [0.15, 0.2) is 42.9 Å². The molecule has 0 bridgehead atoms. The zero-order valence-electron chi connectivity index (χ0n) is 13.6. The van der Waals surface area contributed by atoms with Crippen LogP contribution in [-0.4, -0.2) is 45.2 Å². The molecule has 1 aromatic carbocycles. The van der Waals surface area contributed by atoms with Gasteiger partial charge in [-0.3, -0.25) is 4.79 Å². The number of amides is 1. The number of hydrogen-bond acceptors (Lipinski definition) is 3. The lowest BCUT2D eigenvalue weighted by Gasteiger charge is -2.17. The summed E-state index contributed by atoms with van der Waals surface area (Å²) >= 11 is 6.04. The number of fused-ring (bicyclic) bond motifs is 1. The van der Waals surface area contributed by atoms with Gasteiger partial charge in [-0.25, -0.2) is 4.52 Å². The van der Waals surface area contributed by atoms with Crippen molar-refractivity contribution >= 4 is 23.2 Å². The number of ether oxygens (including phenoxy) is 1. The number of carbonyl (C=O) groups is 1. The summed E-state index contributed by atoms with van der Waals surface area (Å²) in [7, 11) is 3.68. The molecule has 0 N–H and O–H groups in total. The summed E-state index contributed by atoms with van der Waals surface area (Å²) in [5.74, 6) is 0.611. The van der Waals surface area contributed by atoms with Gasteiger partial charge in [0, 0.05) is 33.0 Å². The molecule has 3 rings (SSSR count). The number of aromatic nitrogens is 3. The topological polar surface area (TPSA) is 51.8 Å². The summed E-state index contributed by atoms with van der Waals surface area (Å²) in [4.78, 5) is 14.3. The Bertz CT molecular complexity index is 855. The zero-order valence-corrected chi connectivity index (χ0v) is 14.4. The number of rotatable bonds is 6. The van der Waals surface area contributed by atoms with Crippen LogP contribution in [0.4, 0.5) is 0 Å². The monoisotopic (exact) mass is 346 g/mol. The summed E-state index contributed by atoms with van der Waals surface area (Å²) in [6.45, 7) is 1.08. The Morgan fingerprint density at radius 1 is 1.33 bits per heavy atom.